The Hall–Kier alpha value is -1.76. The molecule has 0 heterocycles. The molecule has 0 saturated carbocycles. The first kappa shape index (κ1) is 17.6. The van der Waals surface area contributed by atoms with Crippen molar-refractivity contribution in [3.05, 3.63) is 58.1 Å². The van der Waals surface area contributed by atoms with Gasteiger partial charge < -0.3 is 5.11 Å². The Morgan fingerprint density at radius 3 is 2.30 bits per heavy atom. The average molecular weight is 374 g/mol. The molecule has 0 spiro atoms. The van der Waals surface area contributed by atoms with Crippen molar-refractivity contribution in [3.8, 4) is 0 Å². The fraction of sp³-hybridized carbons (Fsp3) is 0.133. The van der Waals surface area contributed by atoms with E-state index in [1.165, 1.54) is 30.3 Å². The maximum atomic E-state index is 12.8. The fourth-order valence-electron chi connectivity index (χ4n) is 1.94. The summed E-state index contributed by atoms with van der Waals surface area (Å²) in [5.74, 6) is -1.31. The molecule has 5 nitrogen and oxygen atoms in total. The van der Waals surface area contributed by atoms with Crippen LogP contribution in [0.15, 0.2) is 47.4 Å². The minimum absolute atomic E-state index is 0.0159. The second-order valence-electron chi connectivity index (χ2n) is 4.79. The number of benzene rings is 2. The molecule has 122 valence electrons. The summed E-state index contributed by atoms with van der Waals surface area (Å²) < 4.78 is 26.3. The van der Waals surface area contributed by atoms with Crippen molar-refractivity contribution in [1.29, 1.82) is 0 Å². The highest BCUT2D eigenvalue weighted by atomic mass is 35.5. The van der Waals surface area contributed by atoms with Crippen molar-refractivity contribution >= 4 is 44.9 Å². The highest BCUT2D eigenvalue weighted by Crippen LogP contribution is 2.35. The van der Waals surface area contributed by atoms with E-state index < -0.39 is 22.5 Å². The van der Waals surface area contributed by atoms with Gasteiger partial charge in [-0.1, -0.05) is 47.0 Å². The molecule has 0 aliphatic heterocycles. The van der Waals surface area contributed by atoms with Crippen molar-refractivity contribution in [2.75, 3.05) is 10.8 Å². The van der Waals surface area contributed by atoms with Crippen molar-refractivity contribution in [3.63, 3.8) is 0 Å². The summed E-state index contributed by atoms with van der Waals surface area (Å²) in [4.78, 5) is 11.1. The Kier molecular flexibility index (Phi) is 5.19. The SMILES string of the molecule is Cc1ccc(S(=O)(=O)N(CC(=O)O)c2cccc(Cl)c2Cl)cc1. The third kappa shape index (κ3) is 3.77. The quantitative estimate of drug-likeness (QED) is 0.868. The molecule has 1 N–H and O–H groups in total. The number of anilines is 1. The minimum atomic E-state index is -4.10. The van der Waals surface area contributed by atoms with Crippen molar-refractivity contribution < 1.29 is 18.3 Å². The molecule has 23 heavy (non-hydrogen) atoms. The summed E-state index contributed by atoms with van der Waals surface area (Å²) in [6.07, 6.45) is 0. The lowest BCUT2D eigenvalue weighted by molar-refractivity contribution is -0.135. The fourth-order valence-corrected chi connectivity index (χ4v) is 3.82. The molecule has 2 aromatic carbocycles. The van der Waals surface area contributed by atoms with Gasteiger partial charge in [0.1, 0.15) is 6.54 Å². The number of carboxylic acids is 1. The molecule has 0 atom stereocenters. The molecule has 2 rings (SSSR count). The molecule has 0 aliphatic rings. The Bertz CT molecular complexity index is 835. The topological polar surface area (TPSA) is 74.7 Å². The second kappa shape index (κ2) is 6.78. The lowest BCUT2D eigenvalue weighted by Crippen LogP contribution is -2.36. The summed E-state index contributed by atoms with van der Waals surface area (Å²) in [6, 6.07) is 10.5. The van der Waals surface area contributed by atoms with Crippen LogP contribution in [0.25, 0.3) is 0 Å². The first-order chi connectivity index (χ1) is 10.7. The standard InChI is InChI=1S/C15H13Cl2NO4S/c1-10-5-7-11(8-6-10)23(21,22)18(9-14(19)20)13-4-2-3-12(16)15(13)17/h2-8H,9H2,1H3,(H,19,20). The van der Waals surface area contributed by atoms with E-state index >= 15 is 0 Å². The van der Waals surface area contributed by atoms with Gasteiger partial charge in [0.25, 0.3) is 10.0 Å². The maximum absolute atomic E-state index is 12.8. The summed E-state index contributed by atoms with van der Waals surface area (Å²) >= 11 is 12.0. The molecule has 0 fully saturated rings. The van der Waals surface area contributed by atoms with Crippen LogP contribution in [0.3, 0.4) is 0 Å². The lowest BCUT2D eigenvalue weighted by Gasteiger charge is -2.24. The van der Waals surface area contributed by atoms with Crippen molar-refractivity contribution in [2.24, 2.45) is 0 Å². The molecule has 0 aromatic heterocycles. The molecule has 8 heteroatoms. The van der Waals surface area contributed by atoms with E-state index in [2.05, 4.69) is 0 Å². The smallest absolute Gasteiger partial charge is 0.324 e. The number of hydrogen-bond acceptors (Lipinski definition) is 3. The van der Waals surface area contributed by atoms with Gasteiger partial charge in [-0.25, -0.2) is 8.42 Å². The zero-order valence-electron chi connectivity index (χ0n) is 12.0. The zero-order valence-corrected chi connectivity index (χ0v) is 14.4. The maximum Gasteiger partial charge on any atom is 0.324 e. The van der Waals surface area contributed by atoms with Crippen LogP contribution in [0.1, 0.15) is 5.56 Å². The van der Waals surface area contributed by atoms with E-state index in [0.717, 1.165) is 9.87 Å². The third-order valence-corrected chi connectivity index (χ3v) is 5.67. The van der Waals surface area contributed by atoms with Gasteiger partial charge in [-0.15, -0.1) is 0 Å². The Morgan fingerprint density at radius 1 is 1.13 bits per heavy atom. The molecule has 0 saturated heterocycles. The number of nitrogens with zero attached hydrogens (tertiary/aromatic N) is 1. The molecule has 0 unspecified atom stereocenters. The van der Waals surface area contributed by atoms with Gasteiger partial charge in [0.05, 0.1) is 20.6 Å². The average Bonchev–Trinajstić information content (AvgIpc) is 2.48. The van der Waals surface area contributed by atoms with Gasteiger partial charge in [0.2, 0.25) is 0 Å². The Labute approximate surface area is 144 Å². The Balaban J connectivity index is 2.60. The Morgan fingerprint density at radius 2 is 1.74 bits per heavy atom. The van der Waals surface area contributed by atoms with Crippen LogP contribution >= 0.6 is 23.2 Å². The molecular weight excluding hydrogens is 361 g/mol. The van der Waals surface area contributed by atoms with Gasteiger partial charge in [-0.3, -0.25) is 9.10 Å². The van der Waals surface area contributed by atoms with Crippen molar-refractivity contribution in [1.82, 2.24) is 0 Å². The normalized spacial score (nSPS) is 11.3. The van der Waals surface area contributed by atoms with Gasteiger partial charge in [-0.2, -0.15) is 0 Å². The van der Waals surface area contributed by atoms with Crippen LogP contribution in [-0.4, -0.2) is 26.0 Å². The first-order valence-corrected chi connectivity index (χ1v) is 8.68. The highest BCUT2D eigenvalue weighted by molar-refractivity contribution is 7.92. The lowest BCUT2D eigenvalue weighted by atomic mass is 10.2. The summed E-state index contributed by atoms with van der Waals surface area (Å²) in [5, 5.41) is 9.19. The van der Waals surface area contributed by atoms with E-state index in [1.54, 1.807) is 12.1 Å². The predicted molar refractivity (Wildman–Crippen MR) is 89.8 cm³/mol. The number of aryl methyl sites for hydroxylation is 1. The van der Waals surface area contributed by atoms with Gasteiger partial charge in [0.15, 0.2) is 0 Å². The molecule has 0 bridgehead atoms. The molecule has 0 aliphatic carbocycles. The van der Waals surface area contributed by atoms with Gasteiger partial charge >= 0.3 is 5.97 Å². The first-order valence-electron chi connectivity index (χ1n) is 6.48. The van der Waals surface area contributed by atoms with Crippen LogP contribution in [0.2, 0.25) is 10.0 Å². The number of halogens is 2. The molecule has 0 amide bonds. The summed E-state index contributed by atoms with van der Waals surface area (Å²) in [7, 11) is -4.10. The summed E-state index contributed by atoms with van der Waals surface area (Å²) in [6.45, 7) is 1.05. The van der Waals surface area contributed by atoms with Crippen LogP contribution in [0, 0.1) is 6.92 Å². The van der Waals surface area contributed by atoms with E-state index in [4.69, 9.17) is 28.3 Å². The second-order valence-corrected chi connectivity index (χ2v) is 7.44. The van der Waals surface area contributed by atoms with Crippen LogP contribution in [0.5, 0.6) is 0 Å². The van der Waals surface area contributed by atoms with E-state index in [1.807, 2.05) is 6.92 Å². The van der Waals surface area contributed by atoms with Gasteiger partial charge in [0, 0.05) is 0 Å². The number of rotatable bonds is 5. The van der Waals surface area contributed by atoms with Crippen LogP contribution in [-0.2, 0) is 14.8 Å². The molecule has 2 aromatic rings. The third-order valence-electron chi connectivity index (χ3n) is 3.09. The number of carboxylic acid groups (broad SMARTS) is 1. The number of carbonyl (C=O) groups is 1. The van der Waals surface area contributed by atoms with E-state index in [0.29, 0.717) is 0 Å². The van der Waals surface area contributed by atoms with E-state index in [-0.39, 0.29) is 20.6 Å². The summed E-state index contributed by atoms with van der Waals surface area (Å²) in [5.41, 5.74) is 0.900. The van der Waals surface area contributed by atoms with Crippen LogP contribution < -0.4 is 4.31 Å². The zero-order chi connectivity index (χ0) is 17.2. The number of aliphatic carboxylic acids is 1. The van der Waals surface area contributed by atoms with Crippen molar-refractivity contribution in [2.45, 2.75) is 11.8 Å². The largest absolute Gasteiger partial charge is 0.480 e. The van der Waals surface area contributed by atoms with Gasteiger partial charge in [-0.05, 0) is 31.2 Å². The molecular formula is C15H13Cl2NO4S. The molecule has 0 radical (unpaired) electrons. The van der Waals surface area contributed by atoms with Crippen LogP contribution in [0.4, 0.5) is 5.69 Å². The number of hydrogen-bond donors (Lipinski definition) is 1. The minimum Gasteiger partial charge on any atom is -0.480 e. The predicted octanol–water partition coefficient (Wildman–Crippen LogP) is 3.58. The number of sulfonamides is 1. The van der Waals surface area contributed by atoms with E-state index in [9.17, 15) is 13.2 Å². The monoisotopic (exact) mass is 373 g/mol. The highest BCUT2D eigenvalue weighted by Gasteiger charge is 2.29.